The lowest BCUT2D eigenvalue weighted by Crippen LogP contribution is -2.21. The van der Waals surface area contributed by atoms with Crippen molar-refractivity contribution in [3.63, 3.8) is 0 Å². The summed E-state index contributed by atoms with van der Waals surface area (Å²) in [5, 5.41) is 6.47. The van der Waals surface area contributed by atoms with Gasteiger partial charge in [-0.3, -0.25) is 0 Å². The summed E-state index contributed by atoms with van der Waals surface area (Å²) in [6.07, 6.45) is 4.50. The van der Waals surface area contributed by atoms with E-state index in [9.17, 15) is 8.42 Å². The van der Waals surface area contributed by atoms with Gasteiger partial charge in [0.1, 0.15) is 0 Å². The van der Waals surface area contributed by atoms with Crippen LogP contribution in [0.1, 0.15) is 28.9 Å². The number of nitrogens with one attached hydrogen (secondary N) is 1. The molecule has 4 rings (SSSR count). The van der Waals surface area contributed by atoms with Gasteiger partial charge < -0.3 is 0 Å². The molecule has 1 aliphatic rings. The normalized spacial score (nSPS) is 13.9. The summed E-state index contributed by atoms with van der Waals surface area (Å²) in [5.41, 5.74) is 4.89. The number of sulfonamides is 1. The van der Waals surface area contributed by atoms with Gasteiger partial charge in [-0.25, -0.2) is 17.8 Å². The van der Waals surface area contributed by atoms with Crippen LogP contribution in [-0.4, -0.2) is 18.2 Å². The summed E-state index contributed by atoms with van der Waals surface area (Å²) >= 11 is 5.85. The summed E-state index contributed by atoms with van der Waals surface area (Å²) in [7, 11) is -3.57. The molecule has 1 aliphatic carbocycles. The van der Waals surface area contributed by atoms with E-state index in [4.69, 9.17) is 11.6 Å². The molecule has 0 aliphatic heterocycles. The molecule has 0 amide bonds. The van der Waals surface area contributed by atoms with Crippen LogP contribution in [0.5, 0.6) is 0 Å². The molecule has 2 aromatic carbocycles. The van der Waals surface area contributed by atoms with Crippen molar-refractivity contribution in [3.05, 3.63) is 87.5 Å². The molecular formula is C21H20ClN3O2S. The fourth-order valence-electron chi connectivity index (χ4n) is 3.40. The van der Waals surface area contributed by atoms with Gasteiger partial charge in [0.05, 0.1) is 17.9 Å². The molecule has 144 valence electrons. The van der Waals surface area contributed by atoms with Crippen molar-refractivity contribution in [1.82, 2.24) is 14.5 Å². The Kier molecular flexibility index (Phi) is 5.35. The van der Waals surface area contributed by atoms with Crippen molar-refractivity contribution in [2.45, 2.75) is 25.8 Å². The number of aromatic nitrogens is 2. The third kappa shape index (κ3) is 4.19. The van der Waals surface area contributed by atoms with E-state index in [0.29, 0.717) is 5.02 Å². The molecule has 7 heteroatoms. The second kappa shape index (κ2) is 7.91. The van der Waals surface area contributed by atoms with Crippen molar-refractivity contribution in [3.8, 4) is 5.69 Å². The van der Waals surface area contributed by atoms with Gasteiger partial charge in [0.25, 0.3) is 0 Å². The van der Waals surface area contributed by atoms with E-state index in [1.807, 2.05) is 35.0 Å². The largest absolute Gasteiger partial charge is 0.237 e. The van der Waals surface area contributed by atoms with Crippen molar-refractivity contribution < 1.29 is 8.42 Å². The zero-order valence-electron chi connectivity index (χ0n) is 15.2. The highest BCUT2D eigenvalue weighted by molar-refractivity contribution is 7.92. The van der Waals surface area contributed by atoms with E-state index in [1.54, 1.807) is 30.3 Å². The lowest BCUT2D eigenvalue weighted by atomic mass is 10.2. The molecule has 28 heavy (non-hydrogen) atoms. The third-order valence-electron chi connectivity index (χ3n) is 4.76. The molecule has 0 bridgehead atoms. The molecule has 3 aromatic rings. The van der Waals surface area contributed by atoms with Crippen LogP contribution >= 0.6 is 11.6 Å². The summed E-state index contributed by atoms with van der Waals surface area (Å²) in [4.78, 5) is 0. The molecule has 5 nitrogen and oxygen atoms in total. The summed E-state index contributed by atoms with van der Waals surface area (Å²) in [6.45, 7) is 0.176. The second-order valence-electron chi connectivity index (χ2n) is 6.69. The van der Waals surface area contributed by atoms with E-state index < -0.39 is 10.0 Å². The van der Waals surface area contributed by atoms with Crippen LogP contribution in [0.2, 0.25) is 5.02 Å². The van der Waals surface area contributed by atoms with Crippen molar-refractivity contribution in [2.75, 3.05) is 0 Å². The first-order chi connectivity index (χ1) is 13.5. The average Bonchev–Trinajstić information content (AvgIpc) is 3.30. The molecule has 0 unspecified atom stereocenters. The smallest absolute Gasteiger partial charge is 0.234 e. The van der Waals surface area contributed by atoms with E-state index >= 15 is 0 Å². The highest BCUT2D eigenvalue weighted by atomic mass is 35.5. The number of rotatable bonds is 6. The number of fused-ring (bicyclic) bond motifs is 1. The minimum atomic E-state index is -3.57. The summed E-state index contributed by atoms with van der Waals surface area (Å²) in [6, 6.07) is 16.9. The molecule has 0 spiro atoms. The predicted molar refractivity (Wildman–Crippen MR) is 112 cm³/mol. The Morgan fingerprint density at radius 1 is 1.07 bits per heavy atom. The first-order valence-electron chi connectivity index (χ1n) is 9.10. The fraction of sp³-hybridized carbons (Fsp3) is 0.190. The molecular weight excluding hydrogens is 394 g/mol. The Hall–Kier alpha value is -2.41. The lowest BCUT2D eigenvalue weighted by Gasteiger charge is -2.05. The van der Waals surface area contributed by atoms with Crippen LogP contribution in [0.15, 0.2) is 60.0 Å². The molecule has 0 fully saturated rings. The number of hydrogen-bond donors (Lipinski definition) is 1. The maximum Gasteiger partial charge on any atom is 0.234 e. The van der Waals surface area contributed by atoms with Gasteiger partial charge in [0, 0.05) is 16.1 Å². The minimum Gasteiger partial charge on any atom is -0.237 e. The van der Waals surface area contributed by atoms with Gasteiger partial charge in [-0.2, -0.15) is 5.10 Å². The Labute approximate surface area is 169 Å². The maximum atomic E-state index is 12.4. The van der Waals surface area contributed by atoms with Gasteiger partial charge in [-0.1, -0.05) is 41.9 Å². The molecule has 0 saturated carbocycles. The lowest BCUT2D eigenvalue weighted by molar-refractivity contribution is 0.589. The number of nitrogens with zero attached hydrogens (tertiary/aromatic N) is 2. The van der Waals surface area contributed by atoms with Crippen LogP contribution in [-0.2, 0) is 29.4 Å². The zero-order chi connectivity index (χ0) is 19.6. The highest BCUT2D eigenvalue weighted by Gasteiger charge is 2.23. The molecule has 1 aromatic heterocycles. The Balaban J connectivity index is 1.51. The zero-order valence-corrected chi connectivity index (χ0v) is 16.7. The second-order valence-corrected chi connectivity index (χ2v) is 8.78. The van der Waals surface area contributed by atoms with E-state index in [-0.39, 0.29) is 6.54 Å². The SMILES string of the molecule is O=S(=O)(C=Cc1ccc(Cl)cc1)NCc1nn(-c2ccccc2)c2c1CCC2. The van der Waals surface area contributed by atoms with Gasteiger partial charge in [-0.15, -0.1) is 0 Å². The van der Waals surface area contributed by atoms with E-state index in [2.05, 4.69) is 9.82 Å². The first-order valence-corrected chi connectivity index (χ1v) is 11.0. The summed E-state index contributed by atoms with van der Waals surface area (Å²) in [5.74, 6) is 0. The average molecular weight is 414 g/mol. The Bertz CT molecular complexity index is 1100. The van der Waals surface area contributed by atoms with Gasteiger partial charge in [-0.05, 0) is 60.7 Å². The van der Waals surface area contributed by atoms with E-state index in [1.165, 1.54) is 11.1 Å². The van der Waals surface area contributed by atoms with Crippen LogP contribution in [0, 0.1) is 0 Å². The minimum absolute atomic E-state index is 0.176. The van der Waals surface area contributed by atoms with E-state index in [0.717, 1.165) is 41.8 Å². The number of halogens is 1. The third-order valence-corrected chi connectivity index (χ3v) is 6.06. The van der Waals surface area contributed by atoms with Crippen molar-refractivity contribution in [2.24, 2.45) is 0 Å². The van der Waals surface area contributed by atoms with Crippen LogP contribution < -0.4 is 4.72 Å². The molecule has 1 heterocycles. The van der Waals surface area contributed by atoms with Crippen molar-refractivity contribution in [1.29, 1.82) is 0 Å². The summed E-state index contributed by atoms with van der Waals surface area (Å²) < 4.78 is 29.3. The number of benzene rings is 2. The molecule has 1 N–H and O–H groups in total. The Morgan fingerprint density at radius 3 is 2.57 bits per heavy atom. The fourth-order valence-corrected chi connectivity index (χ4v) is 4.29. The number of para-hydroxylation sites is 1. The standard InChI is InChI=1S/C21H20ClN3O2S/c22-17-11-9-16(10-12-17)13-14-28(26,27)23-15-20-19-7-4-8-21(19)25(24-20)18-5-2-1-3-6-18/h1-3,5-6,9-14,23H,4,7-8,15H2. The topological polar surface area (TPSA) is 64.0 Å². The molecule has 0 saturated heterocycles. The number of hydrogen-bond acceptors (Lipinski definition) is 3. The van der Waals surface area contributed by atoms with Gasteiger partial charge >= 0.3 is 0 Å². The van der Waals surface area contributed by atoms with Crippen LogP contribution in [0.3, 0.4) is 0 Å². The van der Waals surface area contributed by atoms with Crippen LogP contribution in [0.4, 0.5) is 0 Å². The predicted octanol–water partition coefficient (Wildman–Crippen LogP) is 4.10. The quantitative estimate of drug-likeness (QED) is 0.661. The van der Waals surface area contributed by atoms with Crippen LogP contribution in [0.25, 0.3) is 11.8 Å². The first kappa shape index (κ1) is 18.9. The highest BCUT2D eigenvalue weighted by Crippen LogP contribution is 2.27. The van der Waals surface area contributed by atoms with Gasteiger partial charge in [0.15, 0.2) is 0 Å². The molecule has 0 radical (unpaired) electrons. The maximum absolute atomic E-state index is 12.4. The van der Waals surface area contributed by atoms with Gasteiger partial charge in [0.2, 0.25) is 10.0 Å². The monoisotopic (exact) mass is 413 g/mol. The Morgan fingerprint density at radius 2 is 1.82 bits per heavy atom. The van der Waals surface area contributed by atoms with Crippen molar-refractivity contribution >= 4 is 27.7 Å². The molecule has 0 atom stereocenters.